The van der Waals surface area contributed by atoms with Crippen molar-refractivity contribution in [3.05, 3.63) is 29.8 Å². The third kappa shape index (κ3) is 5.11. The Kier molecular flexibility index (Phi) is 6.07. The number of hydrogen-bond donors (Lipinski definition) is 1. The molecule has 0 unspecified atom stereocenters. The van der Waals surface area contributed by atoms with Gasteiger partial charge in [0.1, 0.15) is 5.60 Å². The van der Waals surface area contributed by atoms with Crippen LogP contribution >= 0.6 is 0 Å². The zero-order valence-electron chi connectivity index (χ0n) is 15.6. The third-order valence-corrected chi connectivity index (χ3v) is 3.79. The highest BCUT2D eigenvalue weighted by atomic mass is 16.6. The van der Waals surface area contributed by atoms with Crippen LogP contribution < -0.4 is 5.32 Å². The van der Waals surface area contributed by atoms with Crippen molar-refractivity contribution < 1.29 is 23.9 Å². The largest absolute Gasteiger partial charge is 0.465 e. The SMILES string of the molecule is COC(=O)c1ccccc1NC(=O)N1CCN(C(=O)OC(C)(C)C)CC1. The molecule has 8 nitrogen and oxygen atoms in total. The van der Waals surface area contributed by atoms with Gasteiger partial charge in [-0.25, -0.2) is 14.4 Å². The molecule has 2 rings (SSSR count). The molecule has 0 spiro atoms. The number of nitrogens with zero attached hydrogens (tertiary/aromatic N) is 2. The molecule has 0 aromatic heterocycles. The summed E-state index contributed by atoms with van der Waals surface area (Å²) in [6.45, 7) is 6.98. The van der Waals surface area contributed by atoms with Gasteiger partial charge in [-0.3, -0.25) is 0 Å². The van der Waals surface area contributed by atoms with Crippen LogP contribution in [0, 0.1) is 0 Å². The normalized spacial score (nSPS) is 14.6. The monoisotopic (exact) mass is 363 g/mol. The van der Waals surface area contributed by atoms with Crippen LogP contribution in [0.2, 0.25) is 0 Å². The predicted molar refractivity (Wildman–Crippen MR) is 96.2 cm³/mol. The molecule has 0 atom stereocenters. The van der Waals surface area contributed by atoms with Crippen LogP contribution in [0.5, 0.6) is 0 Å². The summed E-state index contributed by atoms with van der Waals surface area (Å²) < 4.78 is 10.1. The smallest absolute Gasteiger partial charge is 0.410 e. The quantitative estimate of drug-likeness (QED) is 0.816. The van der Waals surface area contributed by atoms with Gasteiger partial charge in [-0.1, -0.05) is 12.1 Å². The van der Waals surface area contributed by atoms with Crippen LogP contribution in [0.3, 0.4) is 0 Å². The molecule has 1 saturated heterocycles. The van der Waals surface area contributed by atoms with Crippen LogP contribution in [0.15, 0.2) is 24.3 Å². The van der Waals surface area contributed by atoms with Gasteiger partial charge >= 0.3 is 18.1 Å². The minimum absolute atomic E-state index is 0.288. The number of amides is 3. The summed E-state index contributed by atoms with van der Waals surface area (Å²) in [6.07, 6.45) is -0.381. The zero-order chi connectivity index (χ0) is 19.3. The number of carbonyl (C=O) groups excluding carboxylic acids is 3. The Morgan fingerprint density at radius 1 is 1.00 bits per heavy atom. The maximum atomic E-state index is 12.5. The van der Waals surface area contributed by atoms with Crippen molar-refractivity contribution in [2.75, 3.05) is 38.6 Å². The highest BCUT2D eigenvalue weighted by Gasteiger charge is 2.28. The number of para-hydroxylation sites is 1. The lowest BCUT2D eigenvalue weighted by Crippen LogP contribution is -2.52. The second kappa shape index (κ2) is 8.07. The van der Waals surface area contributed by atoms with Crippen molar-refractivity contribution in [2.24, 2.45) is 0 Å². The van der Waals surface area contributed by atoms with Crippen molar-refractivity contribution in [3.8, 4) is 0 Å². The number of carbonyl (C=O) groups is 3. The van der Waals surface area contributed by atoms with Gasteiger partial charge in [-0.15, -0.1) is 0 Å². The fraction of sp³-hybridized carbons (Fsp3) is 0.500. The van der Waals surface area contributed by atoms with E-state index in [1.165, 1.54) is 7.11 Å². The Hall–Kier alpha value is -2.77. The molecule has 0 bridgehead atoms. The molecule has 1 aliphatic heterocycles. The number of anilines is 1. The Labute approximate surface area is 153 Å². The number of urea groups is 1. The molecular formula is C18H25N3O5. The first kappa shape index (κ1) is 19.6. The number of rotatable bonds is 2. The molecule has 26 heavy (non-hydrogen) atoms. The molecule has 3 amide bonds. The van der Waals surface area contributed by atoms with Gasteiger partial charge in [-0.2, -0.15) is 0 Å². The van der Waals surface area contributed by atoms with Gasteiger partial charge in [-0.05, 0) is 32.9 Å². The van der Waals surface area contributed by atoms with E-state index in [9.17, 15) is 14.4 Å². The van der Waals surface area contributed by atoms with Gasteiger partial charge < -0.3 is 24.6 Å². The van der Waals surface area contributed by atoms with E-state index in [1.54, 1.807) is 34.1 Å². The van der Waals surface area contributed by atoms with Crippen molar-refractivity contribution in [3.63, 3.8) is 0 Å². The summed E-state index contributed by atoms with van der Waals surface area (Å²) in [7, 11) is 1.29. The van der Waals surface area contributed by atoms with Gasteiger partial charge in [0, 0.05) is 26.2 Å². The van der Waals surface area contributed by atoms with E-state index in [0.717, 1.165) is 0 Å². The molecule has 1 aromatic rings. The van der Waals surface area contributed by atoms with Gasteiger partial charge in [0.2, 0.25) is 0 Å². The standard InChI is InChI=1S/C18H25N3O5/c1-18(2,3)26-17(24)21-11-9-20(10-12-21)16(23)19-14-8-6-5-7-13(14)15(22)25-4/h5-8H,9-12H2,1-4H3,(H,19,23). The van der Waals surface area contributed by atoms with E-state index in [2.05, 4.69) is 5.32 Å². The summed E-state index contributed by atoms with van der Waals surface area (Å²) in [6, 6.07) is 6.32. The first-order chi connectivity index (χ1) is 12.2. The number of piperazine rings is 1. The van der Waals surface area contributed by atoms with Crippen molar-refractivity contribution in [1.29, 1.82) is 0 Å². The lowest BCUT2D eigenvalue weighted by atomic mass is 10.2. The number of methoxy groups -OCH3 is 1. The summed E-state index contributed by atoms with van der Waals surface area (Å²) in [5.74, 6) is -0.518. The van der Waals surface area contributed by atoms with Crippen LogP contribution in [0.4, 0.5) is 15.3 Å². The van der Waals surface area contributed by atoms with E-state index in [4.69, 9.17) is 9.47 Å². The first-order valence-corrected chi connectivity index (χ1v) is 8.42. The number of esters is 1. The lowest BCUT2D eigenvalue weighted by molar-refractivity contribution is 0.0174. The van der Waals surface area contributed by atoms with E-state index >= 15 is 0 Å². The number of ether oxygens (including phenoxy) is 2. The Balaban J connectivity index is 1.93. The highest BCUT2D eigenvalue weighted by molar-refractivity contribution is 6.00. The molecule has 0 saturated carbocycles. The van der Waals surface area contributed by atoms with Crippen molar-refractivity contribution >= 4 is 23.8 Å². The number of hydrogen-bond acceptors (Lipinski definition) is 5. The fourth-order valence-electron chi connectivity index (χ4n) is 2.49. The average Bonchev–Trinajstić information content (AvgIpc) is 2.60. The van der Waals surface area contributed by atoms with Crippen LogP contribution in [0.1, 0.15) is 31.1 Å². The fourth-order valence-corrected chi connectivity index (χ4v) is 2.49. The first-order valence-electron chi connectivity index (χ1n) is 8.42. The van der Waals surface area contributed by atoms with Crippen molar-refractivity contribution in [1.82, 2.24) is 9.80 Å². The van der Waals surface area contributed by atoms with Crippen LogP contribution in [-0.4, -0.2) is 66.8 Å². The van der Waals surface area contributed by atoms with E-state index in [-0.39, 0.29) is 17.7 Å². The molecule has 1 N–H and O–H groups in total. The molecule has 0 aliphatic carbocycles. The Bertz CT molecular complexity index is 676. The van der Waals surface area contributed by atoms with E-state index in [0.29, 0.717) is 31.9 Å². The average molecular weight is 363 g/mol. The van der Waals surface area contributed by atoms with E-state index < -0.39 is 11.6 Å². The topological polar surface area (TPSA) is 88.2 Å². The van der Waals surface area contributed by atoms with E-state index in [1.807, 2.05) is 20.8 Å². The summed E-state index contributed by atoms with van der Waals surface area (Å²) in [5, 5.41) is 2.73. The van der Waals surface area contributed by atoms with Crippen LogP contribution in [-0.2, 0) is 9.47 Å². The summed E-state index contributed by atoms with van der Waals surface area (Å²) >= 11 is 0. The second-order valence-electron chi connectivity index (χ2n) is 6.92. The molecule has 1 aliphatic rings. The van der Waals surface area contributed by atoms with Gasteiger partial charge in [0.05, 0.1) is 18.4 Å². The maximum Gasteiger partial charge on any atom is 0.410 e. The summed E-state index contributed by atoms with van der Waals surface area (Å²) in [4.78, 5) is 39.5. The molecule has 1 aromatic carbocycles. The molecule has 1 heterocycles. The van der Waals surface area contributed by atoms with Gasteiger partial charge in [0.25, 0.3) is 0 Å². The van der Waals surface area contributed by atoms with Crippen molar-refractivity contribution in [2.45, 2.75) is 26.4 Å². The predicted octanol–water partition coefficient (Wildman–Crippen LogP) is 2.56. The zero-order valence-corrected chi connectivity index (χ0v) is 15.6. The highest BCUT2D eigenvalue weighted by Crippen LogP contribution is 2.17. The lowest BCUT2D eigenvalue weighted by Gasteiger charge is -2.35. The Morgan fingerprint density at radius 3 is 2.15 bits per heavy atom. The maximum absolute atomic E-state index is 12.5. The molecular weight excluding hydrogens is 338 g/mol. The number of benzene rings is 1. The summed E-state index contributed by atoms with van der Waals surface area (Å²) in [5.41, 5.74) is 0.123. The number of nitrogens with one attached hydrogen (secondary N) is 1. The minimum atomic E-state index is -0.552. The minimum Gasteiger partial charge on any atom is -0.465 e. The molecule has 8 heteroatoms. The molecule has 0 radical (unpaired) electrons. The Morgan fingerprint density at radius 2 is 1.58 bits per heavy atom. The second-order valence-corrected chi connectivity index (χ2v) is 6.92. The molecule has 1 fully saturated rings. The molecule has 142 valence electrons. The third-order valence-electron chi connectivity index (χ3n) is 3.79. The van der Waals surface area contributed by atoms with Gasteiger partial charge in [0.15, 0.2) is 0 Å². The van der Waals surface area contributed by atoms with Crippen LogP contribution in [0.25, 0.3) is 0 Å².